The van der Waals surface area contributed by atoms with Gasteiger partial charge < -0.3 is 9.13 Å². The smallest absolute Gasteiger partial charge is 0.0959 e. The van der Waals surface area contributed by atoms with Crippen molar-refractivity contribution in [2.24, 2.45) is 14.1 Å². The molecule has 0 aliphatic carbocycles. The Morgan fingerprint density at radius 1 is 0.571 bits per heavy atom. The summed E-state index contributed by atoms with van der Waals surface area (Å²) < 4.78 is 4.52. The van der Waals surface area contributed by atoms with Crippen molar-refractivity contribution in [1.82, 2.24) is 14.1 Å². The van der Waals surface area contributed by atoms with Crippen molar-refractivity contribution in [2.75, 3.05) is 0 Å². The van der Waals surface area contributed by atoms with Crippen molar-refractivity contribution in [3.63, 3.8) is 0 Å². The van der Waals surface area contributed by atoms with Crippen molar-refractivity contribution < 1.29 is 0 Å². The van der Waals surface area contributed by atoms with Gasteiger partial charge in [-0.2, -0.15) is 0 Å². The number of nitrogens with zero attached hydrogens (tertiary/aromatic N) is 3. The van der Waals surface area contributed by atoms with Crippen molar-refractivity contribution in [2.45, 2.75) is 0 Å². The van der Waals surface area contributed by atoms with Gasteiger partial charge in [0, 0.05) is 47.5 Å². The Morgan fingerprint density at radius 2 is 1.18 bits per heavy atom. The summed E-state index contributed by atoms with van der Waals surface area (Å²) in [6.45, 7) is 0. The highest BCUT2D eigenvalue weighted by molar-refractivity contribution is 6.10. The van der Waals surface area contributed by atoms with Crippen molar-refractivity contribution in [3.05, 3.63) is 79.0 Å². The Kier molecular flexibility index (Phi) is 3.01. The fourth-order valence-corrected chi connectivity index (χ4v) is 4.53. The number of aryl methyl sites for hydroxylation is 2. The topological polar surface area (TPSA) is 22.8 Å². The molecule has 0 unspecified atom stereocenters. The minimum absolute atomic E-state index is 1.07. The number of rotatable bonds is 1. The molecule has 6 aromatic rings. The van der Waals surface area contributed by atoms with Crippen LogP contribution in [0.15, 0.2) is 79.0 Å². The van der Waals surface area contributed by atoms with Gasteiger partial charge in [-0.15, -0.1) is 0 Å². The first-order valence-corrected chi connectivity index (χ1v) is 9.53. The van der Waals surface area contributed by atoms with E-state index in [4.69, 9.17) is 0 Å². The summed E-state index contributed by atoms with van der Waals surface area (Å²) >= 11 is 0. The molecule has 134 valence electrons. The highest BCUT2D eigenvalue weighted by Gasteiger charge is 2.12. The van der Waals surface area contributed by atoms with Crippen LogP contribution >= 0.6 is 0 Å². The van der Waals surface area contributed by atoms with Crippen LogP contribution in [0.5, 0.6) is 0 Å². The van der Waals surface area contributed by atoms with Crippen LogP contribution in [0.4, 0.5) is 0 Å². The zero-order chi connectivity index (χ0) is 18.8. The summed E-state index contributed by atoms with van der Waals surface area (Å²) in [5.41, 5.74) is 8.43. The first-order chi connectivity index (χ1) is 13.7. The summed E-state index contributed by atoms with van der Waals surface area (Å²) in [5.74, 6) is 0. The molecule has 0 atom stereocenters. The maximum absolute atomic E-state index is 4.59. The van der Waals surface area contributed by atoms with Gasteiger partial charge in [0.15, 0.2) is 0 Å². The first kappa shape index (κ1) is 15.5. The molecule has 0 saturated heterocycles. The fraction of sp³-hybridized carbons (Fsp3) is 0.0800. The van der Waals surface area contributed by atoms with Crippen LogP contribution < -0.4 is 0 Å². The third-order valence-electron chi connectivity index (χ3n) is 6.01. The molecular weight excluding hydrogens is 342 g/mol. The average molecular weight is 361 g/mol. The Balaban J connectivity index is 1.61. The molecule has 3 heterocycles. The van der Waals surface area contributed by atoms with Crippen LogP contribution in [0.3, 0.4) is 0 Å². The van der Waals surface area contributed by atoms with Crippen LogP contribution in [0.2, 0.25) is 0 Å². The molecule has 0 N–H and O–H groups in total. The van der Waals surface area contributed by atoms with Crippen molar-refractivity contribution in [3.8, 4) is 11.1 Å². The quantitative estimate of drug-likeness (QED) is 0.350. The molecule has 3 nitrogen and oxygen atoms in total. The zero-order valence-electron chi connectivity index (χ0n) is 15.8. The van der Waals surface area contributed by atoms with E-state index < -0.39 is 0 Å². The van der Waals surface area contributed by atoms with Gasteiger partial charge in [-0.05, 0) is 41.5 Å². The van der Waals surface area contributed by atoms with Gasteiger partial charge in [-0.3, -0.25) is 4.98 Å². The third kappa shape index (κ3) is 1.96. The SMILES string of the molecule is Cn1c2ccccc2c2ccc(-c3ccc4c5ncccc5n(C)c4c3)cc21. The van der Waals surface area contributed by atoms with E-state index in [1.165, 1.54) is 49.4 Å². The van der Waals surface area contributed by atoms with E-state index in [2.05, 4.69) is 94.9 Å². The van der Waals surface area contributed by atoms with Crippen LogP contribution in [0, 0.1) is 0 Å². The van der Waals surface area contributed by atoms with E-state index in [0.29, 0.717) is 0 Å². The predicted molar refractivity (Wildman–Crippen MR) is 118 cm³/mol. The molecular formula is C25H19N3. The van der Waals surface area contributed by atoms with E-state index in [-0.39, 0.29) is 0 Å². The first-order valence-electron chi connectivity index (χ1n) is 9.53. The lowest BCUT2D eigenvalue weighted by molar-refractivity contribution is 1.01. The highest BCUT2D eigenvalue weighted by atomic mass is 15.0. The van der Waals surface area contributed by atoms with Crippen molar-refractivity contribution in [1.29, 1.82) is 0 Å². The minimum atomic E-state index is 1.07. The predicted octanol–water partition coefficient (Wildman–Crippen LogP) is 6.04. The average Bonchev–Trinajstić information content (AvgIpc) is 3.20. The van der Waals surface area contributed by atoms with Crippen molar-refractivity contribution >= 4 is 43.7 Å². The Morgan fingerprint density at radius 3 is 2.00 bits per heavy atom. The molecule has 3 aromatic carbocycles. The molecule has 0 aliphatic heterocycles. The van der Waals surface area contributed by atoms with Gasteiger partial charge in [0.05, 0.1) is 16.6 Å². The fourth-order valence-electron chi connectivity index (χ4n) is 4.53. The Labute approximate surface area is 162 Å². The van der Waals surface area contributed by atoms with Crippen LogP contribution in [-0.2, 0) is 14.1 Å². The number of hydrogen-bond donors (Lipinski definition) is 0. The summed E-state index contributed by atoms with van der Waals surface area (Å²) in [7, 11) is 4.26. The van der Waals surface area contributed by atoms with E-state index in [1.54, 1.807) is 0 Å². The molecule has 0 aliphatic rings. The van der Waals surface area contributed by atoms with E-state index >= 15 is 0 Å². The molecule has 0 saturated carbocycles. The molecule has 0 bridgehead atoms. The molecule has 3 aromatic heterocycles. The summed E-state index contributed by atoms with van der Waals surface area (Å²) in [6.07, 6.45) is 1.86. The number of benzene rings is 3. The Bertz CT molecular complexity index is 1410. The second-order valence-corrected chi connectivity index (χ2v) is 7.47. The molecule has 28 heavy (non-hydrogen) atoms. The van der Waals surface area contributed by atoms with Crippen LogP contribution in [0.1, 0.15) is 0 Å². The number of fused-ring (bicyclic) bond motifs is 6. The number of para-hydroxylation sites is 1. The molecule has 0 fully saturated rings. The largest absolute Gasteiger partial charge is 0.344 e. The second kappa shape index (κ2) is 5.46. The lowest BCUT2D eigenvalue weighted by atomic mass is 10.0. The van der Waals surface area contributed by atoms with Gasteiger partial charge in [0.25, 0.3) is 0 Å². The maximum Gasteiger partial charge on any atom is 0.0959 e. The number of pyridine rings is 1. The summed E-state index contributed by atoms with van der Waals surface area (Å²) in [4.78, 5) is 4.59. The lowest BCUT2D eigenvalue weighted by Crippen LogP contribution is -1.88. The van der Waals surface area contributed by atoms with Gasteiger partial charge in [-0.25, -0.2) is 0 Å². The molecule has 0 radical (unpaired) electrons. The van der Waals surface area contributed by atoms with Crippen LogP contribution in [0.25, 0.3) is 54.9 Å². The molecule has 3 heteroatoms. The number of aromatic nitrogens is 3. The monoisotopic (exact) mass is 361 g/mol. The van der Waals surface area contributed by atoms with Gasteiger partial charge in [-0.1, -0.05) is 42.5 Å². The molecule has 0 amide bonds. The lowest BCUT2D eigenvalue weighted by Gasteiger charge is -2.05. The third-order valence-corrected chi connectivity index (χ3v) is 6.01. The van der Waals surface area contributed by atoms with Gasteiger partial charge in [0.2, 0.25) is 0 Å². The second-order valence-electron chi connectivity index (χ2n) is 7.47. The van der Waals surface area contributed by atoms with Gasteiger partial charge in [0.1, 0.15) is 0 Å². The zero-order valence-corrected chi connectivity index (χ0v) is 15.8. The molecule has 6 rings (SSSR count). The normalized spacial score (nSPS) is 11.9. The van der Waals surface area contributed by atoms with E-state index in [1.807, 2.05) is 12.3 Å². The standard InChI is InChI=1S/C25H19N3/c1-27-21-7-4-3-6-18(21)19-11-9-16(14-23(19)27)17-10-12-20-24(15-17)28(2)22-8-5-13-26-25(20)22/h3-15H,1-2H3. The van der Waals surface area contributed by atoms with E-state index in [0.717, 1.165) is 5.52 Å². The Hall–Kier alpha value is -3.59. The van der Waals surface area contributed by atoms with Crippen LogP contribution in [-0.4, -0.2) is 14.1 Å². The minimum Gasteiger partial charge on any atom is -0.344 e. The number of hydrogen-bond acceptors (Lipinski definition) is 1. The summed E-state index contributed by atoms with van der Waals surface area (Å²) in [6, 6.07) is 26.2. The summed E-state index contributed by atoms with van der Waals surface area (Å²) in [5, 5.41) is 3.81. The maximum atomic E-state index is 4.59. The van der Waals surface area contributed by atoms with E-state index in [9.17, 15) is 0 Å². The molecule has 0 spiro atoms. The highest BCUT2D eigenvalue weighted by Crippen LogP contribution is 2.34. The van der Waals surface area contributed by atoms with Gasteiger partial charge >= 0.3 is 0 Å².